The first-order valence-electron chi connectivity index (χ1n) is 11.3. The Balaban J connectivity index is 1.53. The number of rotatable bonds is 6. The topological polar surface area (TPSA) is 113 Å². The van der Waals surface area contributed by atoms with E-state index in [1.54, 1.807) is 12.3 Å². The minimum absolute atomic E-state index is 0.319. The Morgan fingerprint density at radius 3 is 2.88 bits per heavy atom. The highest BCUT2D eigenvalue weighted by atomic mass is 16.1. The number of hydrogen-bond acceptors (Lipinski definition) is 6. The second-order valence-electron chi connectivity index (χ2n) is 8.85. The van der Waals surface area contributed by atoms with Crippen molar-refractivity contribution in [2.24, 2.45) is 10.9 Å². The van der Waals surface area contributed by atoms with Crippen molar-refractivity contribution in [2.75, 3.05) is 25.1 Å². The van der Waals surface area contributed by atoms with Crippen LogP contribution in [0.25, 0.3) is 22.2 Å². The molecule has 2 heterocycles. The summed E-state index contributed by atoms with van der Waals surface area (Å²) in [5.74, 6) is 1.72. The summed E-state index contributed by atoms with van der Waals surface area (Å²) in [6.07, 6.45) is 6.40. The van der Waals surface area contributed by atoms with Gasteiger partial charge in [-0.25, -0.2) is 4.98 Å². The summed E-state index contributed by atoms with van der Waals surface area (Å²) in [5.41, 5.74) is 16.7. The number of ketones is 1. The molecule has 5 N–H and O–H groups in total. The van der Waals surface area contributed by atoms with Crippen molar-refractivity contribution in [3.63, 3.8) is 0 Å². The van der Waals surface area contributed by atoms with Crippen LogP contribution in [0.15, 0.2) is 35.3 Å². The number of pyridine rings is 1. The second-order valence-corrected chi connectivity index (χ2v) is 8.85. The molecule has 1 fully saturated rings. The third kappa shape index (κ3) is 4.99. The van der Waals surface area contributed by atoms with E-state index in [0.29, 0.717) is 29.0 Å². The van der Waals surface area contributed by atoms with Crippen LogP contribution < -0.4 is 11.5 Å². The lowest BCUT2D eigenvalue weighted by Crippen LogP contribution is -2.25. The molecule has 0 bridgehead atoms. The Morgan fingerprint density at radius 2 is 2.06 bits per heavy atom. The number of nitrogens with two attached hydrogens (primary N) is 2. The molecule has 0 saturated heterocycles. The van der Waals surface area contributed by atoms with Gasteiger partial charge in [-0.15, -0.1) is 0 Å². The Labute approximate surface area is 188 Å². The van der Waals surface area contributed by atoms with E-state index in [1.165, 1.54) is 5.56 Å². The molecule has 168 valence electrons. The SMILES string of the molecule is CC=Nc1c(-c2cc3cc(CN(C)CC4CCCC(=O)CC4)ccc3[nH]2)cc(N)nc1N. The van der Waals surface area contributed by atoms with Crippen LogP contribution in [0.5, 0.6) is 0 Å². The third-order valence-corrected chi connectivity index (χ3v) is 6.19. The zero-order valence-corrected chi connectivity index (χ0v) is 18.9. The van der Waals surface area contributed by atoms with Gasteiger partial charge in [0.25, 0.3) is 0 Å². The number of carbonyl (C=O) groups is 1. The largest absolute Gasteiger partial charge is 0.384 e. The number of nitrogens with one attached hydrogen (secondary N) is 1. The molecule has 7 heteroatoms. The molecule has 2 aromatic heterocycles. The smallest absolute Gasteiger partial charge is 0.152 e. The predicted molar refractivity (Wildman–Crippen MR) is 132 cm³/mol. The average molecular weight is 433 g/mol. The molecule has 1 atom stereocenters. The highest BCUT2D eigenvalue weighted by Gasteiger charge is 2.18. The molecule has 0 aliphatic heterocycles. The Morgan fingerprint density at radius 1 is 1.22 bits per heavy atom. The minimum atomic E-state index is 0.319. The van der Waals surface area contributed by atoms with E-state index in [0.717, 1.165) is 67.4 Å². The van der Waals surface area contributed by atoms with Crippen LogP contribution in [0.1, 0.15) is 44.6 Å². The highest BCUT2D eigenvalue weighted by molar-refractivity contribution is 5.92. The molecule has 3 aromatic rings. The summed E-state index contributed by atoms with van der Waals surface area (Å²) >= 11 is 0. The number of H-pyrrole nitrogens is 1. The normalized spacial score (nSPS) is 17.5. The van der Waals surface area contributed by atoms with E-state index in [4.69, 9.17) is 11.5 Å². The molecule has 1 aliphatic rings. The number of aromatic nitrogens is 2. The van der Waals surface area contributed by atoms with Gasteiger partial charge in [0.15, 0.2) is 5.82 Å². The van der Waals surface area contributed by atoms with Gasteiger partial charge in [0.1, 0.15) is 17.3 Å². The predicted octanol–water partition coefficient (Wildman–Crippen LogP) is 4.70. The zero-order chi connectivity index (χ0) is 22.7. The van der Waals surface area contributed by atoms with Gasteiger partial charge in [-0.2, -0.15) is 0 Å². The molecular formula is C25H32N6O. The molecule has 1 saturated carbocycles. The van der Waals surface area contributed by atoms with Crippen LogP contribution in [-0.2, 0) is 11.3 Å². The Kier molecular flexibility index (Phi) is 6.55. The first kappa shape index (κ1) is 22.0. The number of anilines is 2. The van der Waals surface area contributed by atoms with Gasteiger partial charge >= 0.3 is 0 Å². The molecule has 7 nitrogen and oxygen atoms in total. The maximum Gasteiger partial charge on any atom is 0.152 e. The van der Waals surface area contributed by atoms with Crippen molar-refractivity contribution in [1.29, 1.82) is 0 Å². The molecule has 1 aliphatic carbocycles. The summed E-state index contributed by atoms with van der Waals surface area (Å²) in [7, 11) is 2.16. The molecule has 0 radical (unpaired) electrons. The fraction of sp³-hybridized carbons (Fsp3) is 0.400. The number of benzene rings is 1. The molecule has 32 heavy (non-hydrogen) atoms. The van der Waals surface area contributed by atoms with Crippen LogP contribution in [-0.4, -0.2) is 40.5 Å². The summed E-state index contributed by atoms with van der Waals surface area (Å²) in [5, 5.41) is 1.13. The highest BCUT2D eigenvalue weighted by Crippen LogP contribution is 2.36. The Bertz CT molecular complexity index is 1150. The van der Waals surface area contributed by atoms with Gasteiger partial charge in [-0.05, 0) is 69.0 Å². The number of carbonyl (C=O) groups excluding carboxylic acids is 1. The van der Waals surface area contributed by atoms with Gasteiger partial charge in [0, 0.05) is 54.3 Å². The number of aromatic amines is 1. The number of fused-ring (bicyclic) bond motifs is 1. The summed E-state index contributed by atoms with van der Waals surface area (Å²) in [6.45, 7) is 3.75. The number of nitrogen functional groups attached to an aromatic ring is 2. The number of aliphatic imine (C=N–C) groups is 1. The van der Waals surface area contributed by atoms with Crippen molar-refractivity contribution in [3.05, 3.63) is 35.9 Å². The number of nitrogens with zero attached hydrogens (tertiary/aromatic N) is 3. The molecule has 0 amide bonds. The lowest BCUT2D eigenvalue weighted by molar-refractivity contribution is -0.118. The van der Waals surface area contributed by atoms with E-state index in [9.17, 15) is 4.79 Å². The number of Topliss-reactive ketones (excluding diaryl/α,β-unsaturated/α-hetero) is 1. The fourth-order valence-electron chi connectivity index (χ4n) is 4.70. The van der Waals surface area contributed by atoms with Crippen LogP contribution in [0.3, 0.4) is 0 Å². The fourth-order valence-corrected chi connectivity index (χ4v) is 4.70. The summed E-state index contributed by atoms with van der Waals surface area (Å²) < 4.78 is 0. The van der Waals surface area contributed by atoms with Crippen molar-refractivity contribution >= 4 is 40.2 Å². The lowest BCUT2D eigenvalue weighted by atomic mass is 9.99. The third-order valence-electron chi connectivity index (χ3n) is 6.19. The van der Waals surface area contributed by atoms with Crippen LogP contribution in [0.4, 0.5) is 17.3 Å². The monoisotopic (exact) mass is 432 g/mol. The second kappa shape index (κ2) is 9.53. The van der Waals surface area contributed by atoms with Gasteiger partial charge in [-0.3, -0.25) is 9.79 Å². The number of hydrogen-bond donors (Lipinski definition) is 3. The maximum absolute atomic E-state index is 11.7. The van der Waals surface area contributed by atoms with Gasteiger partial charge < -0.3 is 21.4 Å². The van der Waals surface area contributed by atoms with Crippen molar-refractivity contribution in [1.82, 2.24) is 14.9 Å². The molecule has 4 rings (SSSR count). The van der Waals surface area contributed by atoms with Gasteiger partial charge in [0.2, 0.25) is 0 Å². The lowest BCUT2D eigenvalue weighted by Gasteiger charge is -2.23. The average Bonchev–Trinajstić information content (AvgIpc) is 3.06. The van der Waals surface area contributed by atoms with Crippen LogP contribution in [0, 0.1) is 5.92 Å². The van der Waals surface area contributed by atoms with E-state index in [-0.39, 0.29) is 0 Å². The van der Waals surface area contributed by atoms with E-state index in [1.807, 2.05) is 6.92 Å². The van der Waals surface area contributed by atoms with Gasteiger partial charge in [-0.1, -0.05) is 6.07 Å². The zero-order valence-electron chi connectivity index (χ0n) is 18.9. The van der Waals surface area contributed by atoms with Crippen LogP contribution in [0.2, 0.25) is 0 Å². The first-order valence-corrected chi connectivity index (χ1v) is 11.3. The first-order chi connectivity index (χ1) is 15.4. The van der Waals surface area contributed by atoms with Crippen molar-refractivity contribution < 1.29 is 4.79 Å². The van der Waals surface area contributed by atoms with E-state index in [2.05, 4.69) is 51.2 Å². The standard InChI is InChI=1S/C25H32N6O/c1-3-28-24-20(13-23(26)30-25(24)27)22-12-18-11-17(8-10-21(18)29-22)15-31(2)14-16-5-4-6-19(32)9-7-16/h3,8,10-13,16,29H,4-7,9,14-15H2,1-2H3,(H4,26,27,30). The summed E-state index contributed by atoms with van der Waals surface area (Å²) in [6, 6.07) is 10.4. The minimum Gasteiger partial charge on any atom is -0.384 e. The van der Waals surface area contributed by atoms with Crippen LogP contribution >= 0.6 is 0 Å². The molecule has 1 aromatic carbocycles. The molecule has 1 unspecified atom stereocenters. The maximum atomic E-state index is 11.7. The summed E-state index contributed by atoms with van der Waals surface area (Å²) in [4.78, 5) is 26.1. The molecule has 0 spiro atoms. The van der Waals surface area contributed by atoms with Crippen molar-refractivity contribution in [2.45, 2.75) is 45.6 Å². The van der Waals surface area contributed by atoms with Gasteiger partial charge in [0.05, 0.1) is 0 Å². The van der Waals surface area contributed by atoms with E-state index < -0.39 is 0 Å². The quantitative estimate of drug-likeness (QED) is 0.386. The molecular weight excluding hydrogens is 400 g/mol. The Hall–Kier alpha value is -3.19. The van der Waals surface area contributed by atoms with Crippen molar-refractivity contribution in [3.8, 4) is 11.3 Å². The van der Waals surface area contributed by atoms with E-state index >= 15 is 0 Å².